The van der Waals surface area contributed by atoms with E-state index < -0.39 is 0 Å². The third-order valence-electron chi connectivity index (χ3n) is 2.93. The van der Waals surface area contributed by atoms with E-state index in [1.54, 1.807) is 0 Å². The molecule has 0 aliphatic rings. The molecule has 0 aliphatic carbocycles. The fourth-order valence-electron chi connectivity index (χ4n) is 1.85. The lowest BCUT2D eigenvalue weighted by Crippen LogP contribution is -1.92. The Labute approximate surface area is 96.9 Å². The summed E-state index contributed by atoms with van der Waals surface area (Å²) in [4.78, 5) is 0. The van der Waals surface area contributed by atoms with Crippen molar-refractivity contribution in [3.63, 3.8) is 0 Å². The van der Waals surface area contributed by atoms with E-state index in [1.165, 1.54) is 22.3 Å². The summed E-state index contributed by atoms with van der Waals surface area (Å²) in [6.07, 6.45) is 0.951. The molecule has 0 bridgehead atoms. The second kappa shape index (κ2) is 4.40. The van der Waals surface area contributed by atoms with E-state index in [2.05, 4.69) is 38.1 Å². The molecule has 16 heavy (non-hydrogen) atoms. The maximum atomic E-state index is 5.77. The van der Waals surface area contributed by atoms with Gasteiger partial charge < -0.3 is 5.73 Å². The Morgan fingerprint density at radius 1 is 0.875 bits per heavy atom. The van der Waals surface area contributed by atoms with Gasteiger partial charge in [0.25, 0.3) is 0 Å². The Hall–Kier alpha value is -1.76. The molecule has 0 saturated carbocycles. The first-order valence-electron chi connectivity index (χ1n) is 5.56. The van der Waals surface area contributed by atoms with Crippen LogP contribution in [0.4, 0.5) is 5.69 Å². The monoisotopic (exact) mass is 211 g/mol. The van der Waals surface area contributed by atoms with Gasteiger partial charge in [0, 0.05) is 5.69 Å². The first-order valence-corrected chi connectivity index (χ1v) is 5.56. The molecule has 1 heteroatoms. The largest absolute Gasteiger partial charge is 0.399 e. The van der Waals surface area contributed by atoms with E-state index >= 15 is 0 Å². The first-order chi connectivity index (χ1) is 7.65. The predicted octanol–water partition coefficient (Wildman–Crippen LogP) is 3.48. The number of anilines is 1. The van der Waals surface area contributed by atoms with Crippen molar-refractivity contribution >= 4 is 5.69 Å². The summed E-state index contributed by atoms with van der Waals surface area (Å²) in [7, 11) is 0. The van der Waals surface area contributed by atoms with Crippen LogP contribution in [0.2, 0.25) is 0 Å². The highest BCUT2D eigenvalue weighted by molar-refractivity contribution is 5.42. The van der Waals surface area contributed by atoms with Crippen molar-refractivity contribution in [2.45, 2.75) is 20.3 Å². The molecule has 2 N–H and O–H groups in total. The van der Waals surface area contributed by atoms with Crippen molar-refractivity contribution in [3.05, 3.63) is 64.7 Å². The molecule has 0 atom stereocenters. The highest BCUT2D eigenvalue weighted by atomic mass is 14.5. The Morgan fingerprint density at radius 3 is 2.31 bits per heavy atom. The average molecular weight is 211 g/mol. The number of nitrogens with two attached hydrogens (primary N) is 1. The molecule has 1 nitrogen and oxygen atoms in total. The van der Waals surface area contributed by atoms with Gasteiger partial charge in [0.05, 0.1) is 0 Å². The average Bonchev–Trinajstić information content (AvgIpc) is 2.24. The van der Waals surface area contributed by atoms with Crippen LogP contribution in [0.15, 0.2) is 42.5 Å². The minimum atomic E-state index is 0.835. The molecule has 0 aromatic heterocycles. The van der Waals surface area contributed by atoms with Crippen LogP contribution >= 0.6 is 0 Å². The SMILES string of the molecule is Cc1ccc(Cc2cccc(N)c2)cc1C. The number of nitrogen functional groups attached to an aromatic ring is 1. The van der Waals surface area contributed by atoms with E-state index in [0.717, 1.165) is 12.1 Å². The molecular formula is C15H17N. The van der Waals surface area contributed by atoms with Gasteiger partial charge in [-0.1, -0.05) is 30.3 Å². The molecule has 0 saturated heterocycles. The molecule has 82 valence electrons. The Bertz CT molecular complexity index is 501. The van der Waals surface area contributed by atoms with Crippen LogP contribution < -0.4 is 5.73 Å². The van der Waals surface area contributed by atoms with E-state index in [9.17, 15) is 0 Å². The van der Waals surface area contributed by atoms with Gasteiger partial charge in [-0.2, -0.15) is 0 Å². The van der Waals surface area contributed by atoms with Crippen LogP contribution in [0.25, 0.3) is 0 Å². The van der Waals surface area contributed by atoms with Crippen molar-refractivity contribution in [1.82, 2.24) is 0 Å². The molecule has 0 unspecified atom stereocenters. The lowest BCUT2D eigenvalue weighted by Gasteiger charge is -2.06. The summed E-state index contributed by atoms with van der Waals surface area (Å²) in [6, 6.07) is 14.7. The van der Waals surface area contributed by atoms with Crippen LogP contribution in [-0.2, 0) is 6.42 Å². The van der Waals surface area contributed by atoms with Gasteiger partial charge in [0.15, 0.2) is 0 Å². The maximum Gasteiger partial charge on any atom is 0.0316 e. The van der Waals surface area contributed by atoms with Gasteiger partial charge in [-0.25, -0.2) is 0 Å². The maximum absolute atomic E-state index is 5.77. The van der Waals surface area contributed by atoms with Crippen molar-refractivity contribution in [1.29, 1.82) is 0 Å². The van der Waals surface area contributed by atoms with Gasteiger partial charge in [-0.3, -0.25) is 0 Å². The number of hydrogen-bond acceptors (Lipinski definition) is 1. The third kappa shape index (κ3) is 2.43. The van der Waals surface area contributed by atoms with Gasteiger partial charge >= 0.3 is 0 Å². The molecule has 0 heterocycles. The molecule has 0 amide bonds. The fraction of sp³-hybridized carbons (Fsp3) is 0.200. The molecule has 2 aromatic rings. The molecule has 0 fully saturated rings. The summed E-state index contributed by atoms with van der Waals surface area (Å²) in [5, 5.41) is 0. The Kier molecular flexibility index (Phi) is 2.95. The number of aryl methyl sites for hydroxylation is 2. The fourth-order valence-corrected chi connectivity index (χ4v) is 1.85. The summed E-state index contributed by atoms with van der Waals surface area (Å²) in [5.74, 6) is 0. The molecule has 2 rings (SSSR count). The number of benzene rings is 2. The van der Waals surface area contributed by atoms with E-state index in [4.69, 9.17) is 5.73 Å². The van der Waals surface area contributed by atoms with Crippen LogP contribution in [0.1, 0.15) is 22.3 Å². The van der Waals surface area contributed by atoms with E-state index in [0.29, 0.717) is 0 Å². The quantitative estimate of drug-likeness (QED) is 0.756. The summed E-state index contributed by atoms with van der Waals surface area (Å²) < 4.78 is 0. The summed E-state index contributed by atoms with van der Waals surface area (Å²) in [5.41, 5.74) is 11.9. The normalized spacial score (nSPS) is 10.4. The zero-order chi connectivity index (χ0) is 11.5. The third-order valence-corrected chi connectivity index (χ3v) is 2.93. The minimum Gasteiger partial charge on any atom is -0.399 e. The van der Waals surface area contributed by atoms with Gasteiger partial charge in [-0.15, -0.1) is 0 Å². The van der Waals surface area contributed by atoms with Crippen LogP contribution in [0.5, 0.6) is 0 Å². The lowest BCUT2D eigenvalue weighted by molar-refractivity contribution is 1.17. The van der Waals surface area contributed by atoms with Gasteiger partial charge in [0.2, 0.25) is 0 Å². The van der Waals surface area contributed by atoms with Gasteiger partial charge in [0.1, 0.15) is 0 Å². The minimum absolute atomic E-state index is 0.835. The van der Waals surface area contributed by atoms with Crippen LogP contribution in [0.3, 0.4) is 0 Å². The van der Waals surface area contributed by atoms with Gasteiger partial charge in [-0.05, 0) is 54.7 Å². The summed E-state index contributed by atoms with van der Waals surface area (Å²) >= 11 is 0. The topological polar surface area (TPSA) is 26.0 Å². The van der Waals surface area contributed by atoms with Crippen molar-refractivity contribution < 1.29 is 0 Å². The zero-order valence-corrected chi connectivity index (χ0v) is 9.83. The highest BCUT2D eigenvalue weighted by Gasteiger charge is 1.99. The van der Waals surface area contributed by atoms with Crippen LogP contribution in [0, 0.1) is 13.8 Å². The van der Waals surface area contributed by atoms with Crippen LogP contribution in [-0.4, -0.2) is 0 Å². The lowest BCUT2D eigenvalue weighted by atomic mass is 10.0. The predicted molar refractivity (Wildman–Crippen MR) is 69.6 cm³/mol. The molecule has 0 radical (unpaired) electrons. The van der Waals surface area contributed by atoms with E-state index in [-0.39, 0.29) is 0 Å². The highest BCUT2D eigenvalue weighted by Crippen LogP contribution is 2.15. The second-order valence-electron chi connectivity index (χ2n) is 4.34. The Balaban J connectivity index is 2.24. The molecular weight excluding hydrogens is 194 g/mol. The van der Waals surface area contributed by atoms with Crippen molar-refractivity contribution in [3.8, 4) is 0 Å². The van der Waals surface area contributed by atoms with Crippen molar-refractivity contribution in [2.24, 2.45) is 0 Å². The number of rotatable bonds is 2. The Morgan fingerprint density at radius 2 is 1.62 bits per heavy atom. The molecule has 2 aromatic carbocycles. The molecule has 0 spiro atoms. The first kappa shape index (κ1) is 10.7. The standard InChI is InChI=1S/C15H17N/c1-11-6-7-14(8-12(11)2)9-13-4-3-5-15(16)10-13/h3-8,10H,9,16H2,1-2H3. The van der Waals surface area contributed by atoms with E-state index in [1.807, 2.05) is 18.2 Å². The summed E-state index contributed by atoms with van der Waals surface area (Å²) in [6.45, 7) is 4.29. The smallest absolute Gasteiger partial charge is 0.0316 e. The zero-order valence-electron chi connectivity index (χ0n) is 9.83. The number of hydrogen-bond donors (Lipinski definition) is 1. The van der Waals surface area contributed by atoms with Crippen molar-refractivity contribution in [2.75, 3.05) is 5.73 Å². The second-order valence-corrected chi connectivity index (χ2v) is 4.34. The molecule has 0 aliphatic heterocycles.